The number of ketones is 1. The van der Waals surface area contributed by atoms with Crippen LogP contribution in [-0.4, -0.2) is 116 Å². The number of carbonyl (C=O) groups is 4. The van der Waals surface area contributed by atoms with Crippen molar-refractivity contribution in [3.05, 3.63) is 29.8 Å². The summed E-state index contributed by atoms with van der Waals surface area (Å²) < 4.78 is 0. The molecule has 5 rings (SSSR count). The normalized spacial score (nSPS) is 26.1. The largest absolute Gasteiger partial charge is 0.369 e. The molecule has 4 heterocycles. The molecule has 10 heteroatoms. The molecule has 10 nitrogen and oxygen atoms in total. The first-order valence-electron chi connectivity index (χ1n) is 15.0. The molecule has 4 aliphatic heterocycles. The van der Waals surface area contributed by atoms with Crippen LogP contribution >= 0.6 is 0 Å². The maximum absolute atomic E-state index is 13.2. The average molecular weight is 553 g/mol. The summed E-state index contributed by atoms with van der Waals surface area (Å²) in [5.74, 6) is -0.109. The van der Waals surface area contributed by atoms with Crippen LogP contribution in [0.25, 0.3) is 0 Å². The lowest BCUT2D eigenvalue weighted by molar-refractivity contribution is -0.137. The number of anilines is 1. The van der Waals surface area contributed by atoms with E-state index in [1.165, 1.54) is 0 Å². The summed E-state index contributed by atoms with van der Waals surface area (Å²) in [6.45, 7) is 7.98. The second-order valence-electron chi connectivity index (χ2n) is 12.0. The lowest BCUT2D eigenvalue weighted by Gasteiger charge is -2.34. The number of nitrogens with one attached hydrogen (secondary N) is 2. The van der Waals surface area contributed by atoms with E-state index in [0.29, 0.717) is 37.9 Å². The zero-order chi connectivity index (χ0) is 28.2. The molecule has 4 atom stereocenters. The van der Waals surface area contributed by atoms with Gasteiger partial charge >= 0.3 is 0 Å². The molecule has 4 fully saturated rings. The summed E-state index contributed by atoms with van der Waals surface area (Å²) in [6.07, 6.45) is 4.54. The van der Waals surface area contributed by atoms with Gasteiger partial charge in [-0.2, -0.15) is 0 Å². The lowest BCUT2D eigenvalue weighted by Crippen LogP contribution is -2.51. The molecule has 2 N–H and O–H groups in total. The van der Waals surface area contributed by atoms with Gasteiger partial charge in [-0.3, -0.25) is 19.2 Å². The number of likely N-dealkylation sites (tertiary alicyclic amines) is 2. The van der Waals surface area contributed by atoms with E-state index < -0.39 is 6.04 Å². The van der Waals surface area contributed by atoms with Gasteiger partial charge in [-0.1, -0.05) is 13.3 Å². The highest BCUT2D eigenvalue weighted by Gasteiger charge is 2.52. The molecule has 1 aromatic carbocycles. The number of carbonyl (C=O) groups excluding carboxylic acids is 4. The average Bonchev–Trinajstić information content (AvgIpc) is 3.55. The number of amides is 3. The van der Waals surface area contributed by atoms with Crippen molar-refractivity contribution in [3.8, 4) is 0 Å². The second kappa shape index (κ2) is 12.7. The molecule has 0 radical (unpaired) electrons. The van der Waals surface area contributed by atoms with Gasteiger partial charge in [-0.25, -0.2) is 0 Å². The highest BCUT2D eigenvalue weighted by atomic mass is 16.2. The van der Waals surface area contributed by atoms with E-state index in [2.05, 4.69) is 27.5 Å². The number of Topliss-reactive ketones (excluding diaryl/α,β-unsaturated/α-hetero) is 1. The van der Waals surface area contributed by atoms with Crippen LogP contribution in [0.3, 0.4) is 0 Å². The van der Waals surface area contributed by atoms with Gasteiger partial charge < -0.3 is 30.2 Å². The van der Waals surface area contributed by atoms with Crippen molar-refractivity contribution in [3.63, 3.8) is 0 Å². The summed E-state index contributed by atoms with van der Waals surface area (Å²) in [4.78, 5) is 59.9. The molecule has 3 amide bonds. The van der Waals surface area contributed by atoms with E-state index in [1.807, 2.05) is 31.2 Å². The second-order valence-corrected chi connectivity index (χ2v) is 12.0. The minimum atomic E-state index is -0.513. The maximum Gasteiger partial charge on any atom is 0.251 e. The third-order valence-corrected chi connectivity index (χ3v) is 9.08. The molecular formula is C30H44N6O4. The molecule has 0 spiro atoms. The molecular weight excluding hydrogens is 508 g/mol. The molecule has 0 aliphatic carbocycles. The van der Waals surface area contributed by atoms with E-state index >= 15 is 0 Å². The van der Waals surface area contributed by atoms with Crippen LogP contribution in [-0.2, 0) is 14.4 Å². The van der Waals surface area contributed by atoms with Gasteiger partial charge in [0, 0.05) is 56.9 Å². The molecule has 0 bridgehead atoms. The van der Waals surface area contributed by atoms with Gasteiger partial charge in [0.2, 0.25) is 11.8 Å². The summed E-state index contributed by atoms with van der Waals surface area (Å²) in [5.41, 5.74) is 1.77. The third-order valence-electron chi connectivity index (χ3n) is 9.08. The fraction of sp³-hybridized carbons (Fsp3) is 0.667. The summed E-state index contributed by atoms with van der Waals surface area (Å²) in [5, 5.41) is 6.27. The van der Waals surface area contributed by atoms with Gasteiger partial charge in [0.15, 0.2) is 5.78 Å². The van der Waals surface area contributed by atoms with E-state index in [4.69, 9.17) is 0 Å². The quantitative estimate of drug-likeness (QED) is 0.498. The Bertz CT molecular complexity index is 1080. The third kappa shape index (κ3) is 6.33. The molecule has 0 aromatic heterocycles. The monoisotopic (exact) mass is 552 g/mol. The zero-order valence-corrected chi connectivity index (χ0v) is 23.9. The molecule has 4 saturated heterocycles. The van der Waals surface area contributed by atoms with Crippen LogP contribution in [0.2, 0.25) is 0 Å². The minimum absolute atomic E-state index is 0.00734. The molecule has 4 unspecified atom stereocenters. The highest BCUT2D eigenvalue weighted by Crippen LogP contribution is 2.32. The number of hydrogen-bond donors (Lipinski definition) is 2. The Labute approximate surface area is 237 Å². The van der Waals surface area contributed by atoms with Gasteiger partial charge in [0.05, 0.1) is 18.6 Å². The fourth-order valence-electron chi connectivity index (χ4n) is 6.59. The van der Waals surface area contributed by atoms with E-state index in [-0.39, 0.29) is 48.1 Å². The number of rotatable bonds is 8. The Kier molecular flexibility index (Phi) is 9.05. The van der Waals surface area contributed by atoms with Gasteiger partial charge in [-0.05, 0) is 69.5 Å². The Balaban J connectivity index is 1.06. The van der Waals surface area contributed by atoms with Crippen LogP contribution in [0.15, 0.2) is 24.3 Å². The SMILES string of the molecule is CC(CCNC(=O)c1ccc(N2CCN(C)CC2)cc1)CC(=O)N1CCC2C1C(=O)CN2C(=O)C1CCCCN1. The van der Waals surface area contributed by atoms with Crippen molar-refractivity contribution < 1.29 is 19.2 Å². The topological polar surface area (TPSA) is 105 Å². The number of fused-ring (bicyclic) bond motifs is 1. The Morgan fingerprint density at radius 2 is 1.75 bits per heavy atom. The number of likely N-dealkylation sites (N-methyl/N-ethyl adjacent to an activating group) is 1. The lowest BCUT2D eigenvalue weighted by atomic mass is 10.0. The summed E-state index contributed by atoms with van der Waals surface area (Å²) in [6, 6.07) is 6.83. The Morgan fingerprint density at radius 3 is 2.45 bits per heavy atom. The number of benzene rings is 1. The Morgan fingerprint density at radius 1 is 1.00 bits per heavy atom. The van der Waals surface area contributed by atoms with E-state index in [9.17, 15) is 19.2 Å². The predicted molar refractivity (Wildman–Crippen MR) is 153 cm³/mol. The van der Waals surface area contributed by atoms with Crippen molar-refractivity contribution in [1.29, 1.82) is 0 Å². The zero-order valence-electron chi connectivity index (χ0n) is 23.9. The first kappa shape index (κ1) is 28.5. The van der Waals surface area contributed by atoms with E-state index in [0.717, 1.165) is 57.7 Å². The van der Waals surface area contributed by atoms with Crippen molar-refractivity contribution >= 4 is 29.2 Å². The number of piperidine rings is 1. The van der Waals surface area contributed by atoms with Crippen LogP contribution in [0.1, 0.15) is 55.8 Å². The van der Waals surface area contributed by atoms with Crippen molar-refractivity contribution in [2.75, 3.05) is 64.3 Å². The molecule has 4 aliphatic rings. The van der Waals surface area contributed by atoms with Crippen LogP contribution in [0.5, 0.6) is 0 Å². The summed E-state index contributed by atoms with van der Waals surface area (Å²) in [7, 11) is 2.13. The van der Waals surface area contributed by atoms with Crippen LogP contribution < -0.4 is 15.5 Å². The first-order valence-corrected chi connectivity index (χ1v) is 15.0. The smallest absolute Gasteiger partial charge is 0.251 e. The van der Waals surface area contributed by atoms with Crippen molar-refractivity contribution in [1.82, 2.24) is 25.3 Å². The standard InChI is InChI=1S/C30H44N6O4/c1-21(10-13-32-29(39)22-6-8-23(9-7-22)34-17-15-33(2)16-18-34)19-27(38)35-14-11-25-28(35)26(37)20-36(25)30(40)24-5-3-4-12-31-24/h6-9,21,24-25,28,31H,3-5,10-20H2,1-2H3,(H,32,39). The summed E-state index contributed by atoms with van der Waals surface area (Å²) >= 11 is 0. The van der Waals surface area contributed by atoms with Crippen molar-refractivity contribution in [2.45, 2.75) is 63.6 Å². The van der Waals surface area contributed by atoms with Gasteiger partial charge in [0.25, 0.3) is 5.91 Å². The first-order chi connectivity index (χ1) is 19.3. The fourth-order valence-corrected chi connectivity index (χ4v) is 6.59. The molecule has 0 saturated carbocycles. The predicted octanol–water partition coefficient (Wildman–Crippen LogP) is 1.11. The molecule has 1 aromatic rings. The van der Waals surface area contributed by atoms with E-state index in [1.54, 1.807) is 9.80 Å². The van der Waals surface area contributed by atoms with Crippen LogP contribution in [0.4, 0.5) is 5.69 Å². The van der Waals surface area contributed by atoms with Crippen LogP contribution in [0, 0.1) is 5.92 Å². The molecule has 218 valence electrons. The number of nitrogens with zero attached hydrogens (tertiary/aromatic N) is 4. The minimum Gasteiger partial charge on any atom is -0.369 e. The highest BCUT2D eigenvalue weighted by molar-refractivity contribution is 5.98. The number of piperazine rings is 1. The molecule has 40 heavy (non-hydrogen) atoms. The number of hydrogen-bond acceptors (Lipinski definition) is 7. The maximum atomic E-state index is 13.2. The van der Waals surface area contributed by atoms with Gasteiger partial charge in [0.1, 0.15) is 6.04 Å². The van der Waals surface area contributed by atoms with Gasteiger partial charge in [-0.15, -0.1) is 0 Å². The van der Waals surface area contributed by atoms with Crippen molar-refractivity contribution in [2.24, 2.45) is 5.92 Å². The Hall–Kier alpha value is -2.98.